The van der Waals surface area contributed by atoms with Gasteiger partial charge in [-0.05, 0) is 24.1 Å². The second kappa shape index (κ2) is 7.28. The molecule has 0 aliphatic rings. The summed E-state index contributed by atoms with van der Waals surface area (Å²) in [6.07, 6.45) is 1.49. The van der Waals surface area contributed by atoms with E-state index in [4.69, 9.17) is 11.6 Å². The van der Waals surface area contributed by atoms with E-state index in [-0.39, 0.29) is 11.7 Å². The van der Waals surface area contributed by atoms with Crippen molar-refractivity contribution in [1.29, 1.82) is 0 Å². The molecule has 0 radical (unpaired) electrons. The molecule has 1 aromatic heterocycles. The molecule has 21 heavy (non-hydrogen) atoms. The molecule has 0 saturated heterocycles. The van der Waals surface area contributed by atoms with Gasteiger partial charge in [-0.15, -0.1) is 0 Å². The number of benzene rings is 1. The Hall–Kier alpha value is -1.79. The molecule has 2 rings (SSSR count). The molecule has 0 spiro atoms. The zero-order valence-corrected chi connectivity index (χ0v) is 12.9. The first-order chi connectivity index (χ1) is 10.1. The lowest BCUT2D eigenvalue weighted by Gasteiger charge is -2.07. The number of aromatic amines is 1. The Balaban J connectivity index is 1.87. The summed E-state index contributed by atoms with van der Waals surface area (Å²) in [5.74, 6) is 0.0857. The monoisotopic (exact) mass is 323 g/mol. The van der Waals surface area contributed by atoms with Gasteiger partial charge < -0.3 is 10.3 Å². The molecule has 1 aromatic carbocycles. The minimum Gasteiger partial charge on any atom is -0.351 e. The van der Waals surface area contributed by atoms with Gasteiger partial charge in [0.1, 0.15) is 0 Å². The predicted molar refractivity (Wildman–Crippen MR) is 83.6 cm³/mol. The number of nitrogens with zero attached hydrogens (tertiary/aromatic N) is 1. The average Bonchev–Trinajstić information content (AvgIpc) is 2.47. The van der Waals surface area contributed by atoms with E-state index < -0.39 is 5.69 Å². The van der Waals surface area contributed by atoms with Crippen LogP contribution in [0.4, 0.5) is 0 Å². The summed E-state index contributed by atoms with van der Waals surface area (Å²) in [6.45, 7) is 2.21. The van der Waals surface area contributed by atoms with Gasteiger partial charge in [0.25, 0.3) is 0 Å². The maximum Gasteiger partial charge on any atom is 0.345 e. The van der Waals surface area contributed by atoms with Crippen LogP contribution >= 0.6 is 23.4 Å². The molecule has 0 aliphatic heterocycles. The van der Waals surface area contributed by atoms with Crippen molar-refractivity contribution in [3.05, 3.63) is 57.1 Å². The van der Waals surface area contributed by atoms with Crippen LogP contribution in [0.5, 0.6) is 0 Å². The Morgan fingerprint density at radius 3 is 2.95 bits per heavy atom. The van der Waals surface area contributed by atoms with Crippen molar-refractivity contribution in [3.63, 3.8) is 0 Å². The number of hydrogen-bond acceptors (Lipinski definition) is 4. The standard InChI is InChI=1S/C14H14ClN3O2S/c1-9-6-17-14(20)18-13(9)21-8-12(19)16-7-10-4-2-3-5-11(10)15/h2-6H,7-8H2,1H3,(H,16,19)(H,17,18,20). The SMILES string of the molecule is Cc1cnc(=O)[nH]c1SCC(=O)NCc1ccccc1Cl. The van der Waals surface area contributed by atoms with E-state index in [1.807, 2.05) is 25.1 Å². The van der Waals surface area contributed by atoms with Gasteiger partial charge in [0.15, 0.2) is 0 Å². The lowest BCUT2D eigenvalue weighted by Crippen LogP contribution is -2.25. The molecule has 7 heteroatoms. The quantitative estimate of drug-likeness (QED) is 0.653. The maximum absolute atomic E-state index is 11.8. The predicted octanol–water partition coefficient (Wildman–Crippen LogP) is 2.14. The first-order valence-corrected chi connectivity index (χ1v) is 7.61. The molecule has 2 N–H and O–H groups in total. The summed E-state index contributed by atoms with van der Waals surface area (Å²) in [5.41, 5.74) is 1.28. The van der Waals surface area contributed by atoms with Crippen molar-refractivity contribution >= 4 is 29.3 Å². The zero-order valence-electron chi connectivity index (χ0n) is 11.4. The molecule has 1 heterocycles. The average molecular weight is 324 g/mol. The first-order valence-electron chi connectivity index (χ1n) is 6.25. The van der Waals surface area contributed by atoms with E-state index in [9.17, 15) is 9.59 Å². The lowest BCUT2D eigenvalue weighted by atomic mass is 10.2. The van der Waals surface area contributed by atoms with Crippen molar-refractivity contribution in [2.75, 3.05) is 5.75 Å². The second-order valence-electron chi connectivity index (χ2n) is 4.36. The molecule has 110 valence electrons. The zero-order chi connectivity index (χ0) is 15.2. The van der Waals surface area contributed by atoms with Crippen molar-refractivity contribution in [3.8, 4) is 0 Å². The van der Waals surface area contributed by atoms with Crippen LogP contribution in [0.15, 0.2) is 40.3 Å². The number of carbonyl (C=O) groups excluding carboxylic acids is 1. The fraction of sp³-hybridized carbons (Fsp3) is 0.214. The number of aromatic nitrogens is 2. The largest absolute Gasteiger partial charge is 0.351 e. The van der Waals surface area contributed by atoms with Crippen molar-refractivity contribution in [1.82, 2.24) is 15.3 Å². The summed E-state index contributed by atoms with van der Waals surface area (Å²) >= 11 is 7.28. The van der Waals surface area contributed by atoms with Gasteiger partial charge in [0.2, 0.25) is 5.91 Å². The van der Waals surface area contributed by atoms with Gasteiger partial charge in [-0.3, -0.25) is 4.79 Å². The topological polar surface area (TPSA) is 74.8 Å². The van der Waals surface area contributed by atoms with Crippen LogP contribution in [0.25, 0.3) is 0 Å². The molecular formula is C14H14ClN3O2S. The molecule has 2 aromatic rings. The van der Waals surface area contributed by atoms with Gasteiger partial charge in [-0.25, -0.2) is 9.78 Å². The summed E-state index contributed by atoms with van der Waals surface area (Å²) in [6, 6.07) is 7.35. The van der Waals surface area contributed by atoms with E-state index >= 15 is 0 Å². The van der Waals surface area contributed by atoms with Crippen LogP contribution < -0.4 is 11.0 Å². The number of amides is 1. The summed E-state index contributed by atoms with van der Waals surface area (Å²) in [4.78, 5) is 29.2. The number of carbonyl (C=O) groups is 1. The van der Waals surface area contributed by atoms with Crippen LogP contribution in [0.3, 0.4) is 0 Å². The van der Waals surface area contributed by atoms with E-state index in [1.54, 1.807) is 6.07 Å². The Bertz CT molecular complexity index is 703. The van der Waals surface area contributed by atoms with Crippen LogP contribution in [0.1, 0.15) is 11.1 Å². The van der Waals surface area contributed by atoms with Crippen LogP contribution in [0.2, 0.25) is 5.02 Å². The van der Waals surface area contributed by atoms with Crippen molar-refractivity contribution < 1.29 is 4.79 Å². The highest BCUT2D eigenvalue weighted by Crippen LogP contribution is 2.17. The first kappa shape index (κ1) is 15.6. The number of aryl methyl sites for hydroxylation is 1. The molecule has 0 atom stereocenters. The third kappa shape index (κ3) is 4.61. The fourth-order valence-corrected chi connectivity index (χ4v) is 2.64. The fourth-order valence-electron chi connectivity index (χ4n) is 1.62. The Kier molecular flexibility index (Phi) is 5.41. The summed E-state index contributed by atoms with van der Waals surface area (Å²) in [5, 5.41) is 4.07. The Morgan fingerprint density at radius 2 is 2.19 bits per heavy atom. The number of rotatable bonds is 5. The van der Waals surface area contributed by atoms with Crippen molar-refractivity contribution in [2.24, 2.45) is 0 Å². The van der Waals surface area contributed by atoms with Gasteiger partial charge in [-0.1, -0.05) is 41.6 Å². The number of H-pyrrole nitrogens is 1. The lowest BCUT2D eigenvalue weighted by molar-refractivity contribution is -0.118. The second-order valence-corrected chi connectivity index (χ2v) is 5.75. The number of hydrogen-bond donors (Lipinski definition) is 2. The van der Waals surface area contributed by atoms with Crippen LogP contribution in [0, 0.1) is 6.92 Å². The maximum atomic E-state index is 11.8. The minimum absolute atomic E-state index is 0.128. The van der Waals surface area contributed by atoms with Gasteiger partial charge in [0, 0.05) is 17.8 Å². The van der Waals surface area contributed by atoms with Crippen LogP contribution in [-0.4, -0.2) is 21.6 Å². The number of thioether (sulfide) groups is 1. The summed E-state index contributed by atoms with van der Waals surface area (Å²) < 4.78 is 0. The Labute approximate surface area is 131 Å². The molecule has 0 bridgehead atoms. The smallest absolute Gasteiger partial charge is 0.345 e. The molecular weight excluding hydrogens is 310 g/mol. The van der Waals surface area contributed by atoms with E-state index in [0.717, 1.165) is 11.1 Å². The molecule has 0 aliphatic carbocycles. The highest BCUT2D eigenvalue weighted by atomic mass is 35.5. The van der Waals surface area contributed by atoms with Gasteiger partial charge >= 0.3 is 5.69 Å². The minimum atomic E-state index is -0.417. The Morgan fingerprint density at radius 1 is 1.43 bits per heavy atom. The molecule has 5 nitrogen and oxygen atoms in total. The molecule has 0 fully saturated rings. The number of halogens is 1. The van der Waals surface area contributed by atoms with Crippen LogP contribution in [-0.2, 0) is 11.3 Å². The van der Waals surface area contributed by atoms with Gasteiger partial charge in [-0.2, -0.15) is 0 Å². The molecule has 1 amide bonds. The highest BCUT2D eigenvalue weighted by molar-refractivity contribution is 7.99. The van der Waals surface area contributed by atoms with E-state index in [0.29, 0.717) is 16.6 Å². The molecule has 0 unspecified atom stereocenters. The highest BCUT2D eigenvalue weighted by Gasteiger charge is 2.07. The third-order valence-corrected chi connectivity index (χ3v) is 4.22. The molecule has 0 saturated carbocycles. The third-order valence-electron chi connectivity index (χ3n) is 2.74. The van der Waals surface area contributed by atoms with E-state index in [2.05, 4.69) is 15.3 Å². The number of nitrogens with one attached hydrogen (secondary N) is 2. The van der Waals surface area contributed by atoms with E-state index in [1.165, 1.54) is 18.0 Å². The summed E-state index contributed by atoms with van der Waals surface area (Å²) in [7, 11) is 0. The van der Waals surface area contributed by atoms with Crippen molar-refractivity contribution in [2.45, 2.75) is 18.5 Å². The van der Waals surface area contributed by atoms with Gasteiger partial charge in [0.05, 0.1) is 10.8 Å². The normalized spacial score (nSPS) is 10.4.